The van der Waals surface area contributed by atoms with Crippen LogP contribution >= 0.6 is 0 Å². The van der Waals surface area contributed by atoms with Crippen LogP contribution in [0.1, 0.15) is 56.3 Å². The fraction of sp³-hybridized carbons (Fsp3) is 0.478. The number of aliphatic hydroxyl groups is 1. The van der Waals surface area contributed by atoms with Crippen molar-refractivity contribution in [1.29, 1.82) is 0 Å². The predicted molar refractivity (Wildman–Crippen MR) is 107 cm³/mol. The van der Waals surface area contributed by atoms with Gasteiger partial charge >= 0.3 is 0 Å². The molecule has 2 aromatic rings. The minimum absolute atomic E-state index is 0.0752. The fourth-order valence-electron chi connectivity index (χ4n) is 3.76. The molecule has 0 spiro atoms. The minimum atomic E-state index is -0.521. The molecule has 3 nitrogen and oxygen atoms in total. The monoisotopic (exact) mass is 353 g/mol. The van der Waals surface area contributed by atoms with Crippen LogP contribution in [0.15, 0.2) is 54.6 Å². The third-order valence-electron chi connectivity index (χ3n) is 5.11. The Balaban J connectivity index is 1.78. The molecular weight excluding hydrogens is 322 g/mol. The standard InChI is InChI=1S/C23H31NO2/c1-18(2)26-21-13-11-20(12-14-21)23(25)22(19-9-5-3-6-10-19)17-24-15-7-4-8-16-24/h3,5-6,9-14,18,22-23,25H,4,7-8,15-17H2,1-2H3/t22-,23+/m0/s1. The van der Waals surface area contributed by atoms with Crippen LogP contribution in [0.25, 0.3) is 0 Å². The van der Waals surface area contributed by atoms with Crippen molar-refractivity contribution in [1.82, 2.24) is 4.90 Å². The van der Waals surface area contributed by atoms with Gasteiger partial charge in [0.15, 0.2) is 0 Å². The van der Waals surface area contributed by atoms with Gasteiger partial charge in [-0.15, -0.1) is 0 Å². The number of piperidine rings is 1. The molecular formula is C23H31NO2. The van der Waals surface area contributed by atoms with Crippen molar-refractivity contribution in [3.63, 3.8) is 0 Å². The van der Waals surface area contributed by atoms with E-state index in [2.05, 4.69) is 29.2 Å². The van der Waals surface area contributed by atoms with Crippen molar-refractivity contribution in [2.45, 2.75) is 51.2 Å². The highest BCUT2D eigenvalue weighted by Crippen LogP contribution is 2.33. The summed E-state index contributed by atoms with van der Waals surface area (Å²) in [6.07, 6.45) is 3.48. The number of nitrogens with zero attached hydrogens (tertiary/aromatic N) is 1. The van der Waals surface area contributed by atoms with Gasteiger partial charge in [0, 0.05) is 12.5 Å². The molecule has 1 aliphatic rings. The topological polar surface area (TPSA) is 32.7 Å². The molecule has 1 N–H and O–H groups in total. The van der Waals surface area contributed by atoms with Crippen LogP contribution in [-0.4, -0.2) is 35.7 Å². The number of rotatable bonds is 7. The lowest BCUT2D eigenvalue weighted by atomic mass is 9.88. The summed E-state index contributed by atoms with van der Waals surface area (Å²) in [5.74, 6) is 0.925. The molecule has 2 atom stereocenters. The van der Waals surface area contributed by atoms with Gasteiger partial charge < -0.3 is 14.7 Å². The number of hydrogen-bond donors (Lipinski definition) is 1. The van der Waals surface area contributed by atoms with E-state index in [0.717, 1.165) is 30.9 Å². The summed E-state index contributed by atoms with van der Waals surface area (Å²) in [5.41, 5.74) is 2.15. The van der Waals surface area contributed by atoms with E-state index in [1.807, 2.05) is 44.2 Å². The molecule has 2 aromatic carbocycles. The molecule has 0 bridgehead atoms. The maximum absolute atomic E-state index is 11.2. The summed E-state index contributed by atoms with van der Waals surface area (Å²) in [4.78, 5) is 2.50. The van der Waals surface area contributed by atoms with Gasteiger partial charge in [0.1, 0.15) is 5.75 Å². The van der Waals surface area contributed by atoms with E-state index in [4.69, 9.17) is 4.74 Å². The van der Waals surface area contributed by atoms with Gasteiger partial charge in [-0.05, 0) is 63.0 Å². The first-order valence-corrected chi connectivity index (χ1v) is 9.85. The third-order valence-corrected chi connectivity index (χ3v) is 5.11. The molecule has 0 radical (unpaired) electrons. The first-order valence-electron chi connectivity index (χ1n) is 9.85. The molecule has 1 saturated heterocycles. The second kappa shape index (κ2) is 9.20. The fourth-order valence-corrected chi connectivity index (χ4v) is 3.76. The number of likely N-dealkylation sites (tertiary alicyclic amines) is 1. The highest BCUT2D eigenvalue weighted by atomic mass is 16.5. The normalized spacial score (nSPS) is 17.8. The van der Waals surface area contributed by atoms with Gasteiger partial charge in [-0.1, -0.05) is 48.9 Å². The highest BCUT2D eigenvalue weighted by molar-refractivity contribution is 5.32. The van der Waals surface area contributed by atoms with Gasteiger partial charge in [0.25, 0.3) is 0 Å². The molecule has 26 heavy (non-hydrogen) atoms. The lowest BCUT2D eigenvalue weighted by Gasteiger charge is -2.33. The Morgan fingerprint density at radius 3 is 2.15 bits per heavy atom. The van der Waals surface area contributed by atoms with E-state index in [-0.39, 0.29) is 12.0 Å². The quantitative estimate of drug-likeness (QED) is 0.778. The minimum Gasteiger partial charge on any atom is -0.491 e. The summed E-state index contributed by atoms with van der Waals surface area (Å²) in [6, 6.07) is 18.3. The summed E-state index contributed by atoms with van der Waals surface area (Å²) in [6.45, 7) is 7.21. The van der Waals surface area contributed by atoms with Crippen molar-refractivity contribution in [2.24, 2.45) is 0 Å². The van der Waals surface area contributed by atoms with Crippen LogP contribution < -0.4 is 4.74 Å². The molecule has 0 aliphatic carbocycles. The smallest absolute Gasteiger partial charge is 0.119 e. The predicted octanol–water partition coefficient (Wildman–Crippen LogP) is 4.78. The molecule has 0 saturated carbocycles. The Morgan fingerprint density at radius 2 is 1.54 bits per heavy atom. The van der Waals surface area contributed by atoms with Crippen molar-refractivity contribution >= 4 is 0 Å². The van der Waals surface area contributed by atoms with E-state index < -0.39 is 6.10 Å². The van der Waals surface area contributed by atoms with E-state index in [0.29, 0.717) is 0 Å². The summed E-state index contributed by atoms with van der Waals surface area (Å²) in [5, 5.41) is 11.2. The molecule has 1 fully saturated rings. The molecule has 1 heterocycles. The van der Waals surface area contributed by atoms with E-state index >= 15 is 0 Å². The molecule has 0 amide bonds. The average Bonchev–Trinajstić information content (AvgIpc) is 2.67. The van der Waals surface area contributed by atoms with Crippen LogP contribution in [0, 0.1) is 0 Å². The van der Waals surface area contributed by atoms with Crippen LogP contribution in [0.3, 0.4) is 0 Å². The maximum atomic E-state index is 11.2. The Bertz CT molecular complexity index is 648. The largest absolute Gasteiger partial charge is 0.491 e. The molecule has 3 rings (SSSR count). The maximum Gasteiger partial charge on any atom is 0.119 e. The van der Waals surface area contributed by atoms with Crippen molar-refractivity contribution in [2.75, 3.05) is 19.6 Å². The second-order valence-electron chi connectivity index (χ2n) is 7.56. The van der Waals surface area contributed by atoms with Crippen LogP contribution in [-0.2, 0) is 0 Å². The zero-order valence-electron chi connectivity index (χ0n) is 16.0. The average molecular weight is 354 g/mol. The van der Waals surface area contributed by atoms with Crippen LogP contribution in [0.4, 0.5) is 0 Å². The molecule has 0 unspecified atom stereocenters. The van der Waals surface area contributed by atoms with Gasteiger partial charge in [-0.2, -0.15) is 0 Å². The van der Waals surface area contributed by atoms with Crippen molar-refractivity contribution in [3.8, 4) is 5.75 Å². The zero-order chi connectivity index (χ0) is 18.4. The number of benzene rings is 2. The van der Waals surface area contributed by atoms with Crippen molar-refractivity contribution in [3.05, 3.63) is 65.7 Å². The Hall–Kier alpha value is -1.84. The van der Waals surface area contributed by atoms with E-state index in [9.17, 15) is 5.11 Å². The van der Waals surface area contributed by atoms with Gasteiger partial charge in [-0.3, -0.25) is 0 Å². The van der Waals surface area contributed by atoms with Crippen molar-refractivity contribution < 1.29 is 9.84 Å². The van der Waals surface area contributed by atoms with Gasteiger partial charge in [0.05, 0.1) is 12.2 Å². The molecule has 3 heteroatoms. The first-order chi connectivity index (χ1) is 12.6. The Labute approximate surface area is 157 Å². The number of ether oxygens (including phenoxy) is 1. The Morgan fingerprint density at radius 1 is 0.885 bits per heavy atom. The first kappa shape index (κ1) is 18.9. The Kier molecular flexibility index (Phi) is 6.70. The number of aliphatic hydroxyl groups excluding tert-OH is 1. The van der Waals surface area contributed by atoms with Gasteiger partial charge in [0.2, 0.25) is 0 Å². The summed E-state index contributed by atoms with van der Waals surface area (Å²) in [7, 11) is 0. The lowest BCUT2D eigenvalue weighted by molar-refractivity contribution is 0.109. The molecule has 0 aromatic heterocycles. The highest BCUT2D eigenvalue weighted by Gasteiger charge is 2.26. The SMILES string of the molecule is CC(C)Oc1ccc([C@@H](O)[C@@H](CN2CCCCC2)c2ccccc2)cc1. The van der Waals surface area contributed by atoms with Crippen LogP contribution in [0.2, 0.25) is 0 Å². The van der Waals surface area contributed by atoms with Gasteiger partial charge in [-0.25, -0.2) is 0 Å². The lowest BCUT2D eigenvalue weighted by Crippen LogP contribution is -2.35. The van der Waals surface area contributed by atoms with E-state index in [1.54, 1.807) is 0 Å². The molecule has 140 valence electrons. The van der Waals surface area contributed by atoms with Crippen LogP contribution in [0.5, 0.6) is 5.75 Å². The summed E-state index contributed by atoms with van der Waals surface area (Å²) < 4.78 is 5.73. The zero-order valence-corrected chi connectivity index (χ0v) is 16.0. The molecule has 1 aliphatic heterocycles. The third kappa shape index (κ3) is 5.09. The summed E-state index contributed by atoms with van der Waals surface area (Å²) >= 11 is 0. The van der Waals surface area contributed by atoms with E-state index in [1.165, 1.54) is 24.8 Å². The number of hydrogen-bond acceptors (Lipinski definition) is 3. The second-order valence-corrected chi connectivity index (χ2v) is 7.56.